The Kier molecular flexibility index (Phi) is 4.94. The van der Waals surface area contributed by atoms with Gasteiger partial charge in [-0.05, 0) is 23.8 Å². The summed E-state index contributed by atoms with van der Waals surface area (Å²) < 4.78 is 26.1. The number of nitrogens with one attached hydrogen (secondary N) is 2. The first-order valence-corrected chi connectivity index (χ1v) is 7.49. The summed E-state index contributed by atoms with van der Waals surface area (Å²) in [6.07, 6.45) is 1.44. The van der Waals surface area contributed by atoms with Gasteiger partial charge in [-0.25, -0.2) is 18.7 Å². The zero-order valence-corrected chi connectivity index (χ0v) is 13.0. The van der Waals surface area contributed by atoms with Crippen LogP contribution in [0.25, 0.3) is 0 Å². The number of halogens is 2. The molecule has 7 heteroatoms. The lowest BCUT2D eigenvalue weighted by atomic mass is 10.2. The molecule has 25 heavy (non-hydrogen) atoms. The molecule has 0 fully saturated rings. The Morgan fingerprint density at radius 1 is 1.00 bits per heavy atom. The second-order valence-corrected chi connectivity index (χ2v) is 5.19. The average molecular weight is 340 g/mol. The largest absolute Gasteiger partial charge is 0.350 e. The Hall–Kier alpha value is -3.35. The highest BCUT2D eigenvalue weighted by molar-refractivity contribution is 6.02. The monoisotopic (exact) mass is 340 g/mol. The minimum atomic E-state index is -1.04. The van der Waals surface area contributed by atoms with Gasteiger partial charge in [0.2, 0.25) is 5.95 Å². The highest BCUT2D eigenvalue weighted by Gasteiger charge is 2.11. The first-order chi connectivity index (χ1) is 12.1. The van der Waals surface area contributed by atoms with Crippen LogP contribution in [0.1, 0.15) is 16.1 Å². The third-order valence-corrected chi connectivity index (χ3v) is 3.36. The molecule has 0 radical (unpaired) electrons. The third-order valence-electron chi connectivity index (χ3n) is 3.36. The molecule has 0 unspecified atom stereocenters. The number of hydrogen-bond acceptors (Lipinski definition) is 4. The molecule has 0 atom stereocenters. The van der Waals surface area contributed by atoms with Crippen molar-refractivity contribution in [1.82, 2.24) is 9.97 Å². The zero-order valence-electron chi connectivity index (χ0n) is 13.0. The standard InChI is InChI=1S/C18H14F2N4O/c19-14-7-6-13(10-15(14)20)23-17(25)16-8-9-21-18(24-16)22-11-12-4-2-1-3-5-12/h1-10H,11H2,(H,23,25)(H,21,22,24). The van der Waals surface area contributed by atoms with Crippen molar-refractivity contribution < 1.29 is 13.6 Å². The summed E-state index contributed by atoms with van der Waals surface area (Å²) in [6.45, 7) is 0.509. The number of carbonyl (C=O) groups is 1. The van der Waals surface area contributed by atoms with Crippen molar-refractivity contribution in [3.8, 4) is 0 Å². The van der Waals surface area contributed by atoms with Gasteiger partial charge in [-0.2, -0.15) is 0 Å². The predicted octanol–water partition coefficient (Wildman–Crippen LogP) is 3.62. The Labute approximate surface area is 142 Å². The van der Waals surface area contributed by atoms with E-state index in [-0.39, 0.29) is 11.4 Å². The fourth-order valence-corrected chi connectivity index (χ4v) is 2.12. The molecular formula is C18H14F2N4O. The number of rotatable bonds is 5. The van der Waals surface area contributed by atoms with E-state index < -0.39 is 17.5 Å². The van der Waals surface area contributed by atoms with E-state index in [1.807, 2.05) is 30.3 Å². The van der Waals surface area contributed by atoms with Crippen molar-refractivity contribution in [2.24, 2.45) is 0 Å². The summed E-state index contributed by atoms with van der Waals surface area (Å²) in [5, 5.41) is 5.49. The predicted molar refractivity (Wildman–Crippen MR) is 90.1 cm³/mol. The van der Waals surface area contributed by atoms with Crippen molar-refractivity contribution in [2.45, 2.75) is 6.54 Å². The maximum Gasteiger partial charge on any atom is 0.274 e. The number of aromatic nitrogens is 2. The second-order valence-electron chi connectivity index (χ2n) is 5.19. The Morgan fingerprint density at radius 2 is 1.80 bits per heavy atom. The molecule has 3 rings (SSSR count). The molecule has 5 nitrogen and oxygen atoms in total. The van der Waals surface area contributed by atoms with Crippen LogP contribution in [-0.4, -0.2) is 15.9 Å². The maximum atomic E-state index is 13.2. The lowest BCUT2D eigenvalue weighted by Gasteiger charge is -2.08. The number of benzene rings is 2. The summed E-state index contributed by atoms with van der Waals surface area (Å²) >= 11 is 0. The van der Waals surface area contributed by atoms with Crippen LogP contribution in [0.5, 0.6) is 0 Å². The maximum absolute atomic E-state index is 13.2. The van der Waals surface area contributed by atoms with E-state index in [1.165, 1.54) is 18.3 Å². The lowest BCUT2D eigenvalue weighted by Crippen LogP contribution is -2.15. The number of amides is 1. The van der Waals surface area contributed by atoms with Crippen LogP contribution in [0.3, 0.4) is 0 Å². The minimum absolute atomic E-state index is 0.107. The summed E-state index contributed by atoms with van der Waals surface area (Å²) in [6, 6.07) is 14.2. The van der Waals surface area contributed by atoms with Crippen molar-refractivity contribution >= 4 is 17.5 Å². The molecule has 126 valence electrons. The Morgan fingerprint density at radius 3 is 2.56 bits per heavy atom. The smallest absolute Gasteiger partial charge is 0.274 e. The molecular weight excluding hydrogens is 326 g/mol. The van der Waals surface area contributed by atoms with Crippen molar-refractivity contribution in [3.05, 3.63) is 83.7 Å². The van der Waals surface area contributed by atoms with E-state index in [2.05, 4.69) is 20.6 Å². The second kappa shape index (κ2) is 7.48. The summed E-state index contributed by atoms with van der Waals surface area (Å²) in [7, 11) is 0. The van der Waals surface area contributed by atoms with Crippen LogP contribution in [0.15, 0.2) is 60.8 Å². The normalized spacial score (nSPS) is 10.3. The van der Waals surface area contributed by atoms with E-state index in [1.54, 1.807) is 0 Å². The summed E-state index contributed by atoms with van der Waals surface area (Å²) in [4.78, 5) is 20.4. The molecule has 0 aliphatic heterocycles. The molecule has 1 aromatic heterocycles. The van der Waals surface area contributed by atoms with E-state index in [4.69, 9.17) is 0 Å². The van der Waals surface area contributed by atoms with Crippen molar-refractivity contribution in [2.75, 3.05) is 10.6 Å². The molecule has 0 aliphatic rings. The molecule has 1 amide bonds. The van der Waals surface area contributed by atoms with Gasteiger partial charge in [-0.15, -0.1) is 0 Å². The number of hydrogen-bond donors (Lipinski definition) is 2. The SMILES string of the molecule is O=C(Nc1ccc(F)c(F)c1)c1ccnc(NCc2ccccc2)n1. The molecule has 0 saturated carbocycles. The Bertz CT molecular complexity index is 887. The van der Waals surface area contributed by atoms with Crippen LogP contribution in [0.2, 0.25) is 0 Å². The van der Waals surface area contributed by atoms with Crippen LogP contribution in [0, 0.1) is 11.6 Å². The van der Waals surface area contributed by atoms with Gasteiger partial charge >= 0.3 is 0 Å². The number of nitrogens with zero attached hydrogens (tertiary/aromatic N) is 2. The molecule has 0 aliphatic carbocycles. The number of carbonyl (C=O) groups excluding carboxylic acids is 1. The highest BCUT2D eigenvalue weighted by Crippen LogP contribution is 2.14. The van der Waals surface area contributed by atoms with Crippen LogP contribution in [0.4, 0.5) is 20.4 Å². The van der Waals surface area contributed by atoms with E-state index >= 15 is 0 Å². The van der Waals surface area contributed by atoms with Gasteiger partial charge in [0.15, 0.2) is 11.6 Å². The van der Waals surface area contributed by atoms with Crippen molar-refractivity contribution in [1.29, 1.82) is 0 Å². The average Bonchev–Trinajstić information content (AvgIpc) is 2.64. The quantitative estimate of drug-likeness (QED) is 0.744. The summed E-state index contributed by atoms with van der Waals surface area (Å²) in [5.41, 5.74) is 1.29. The van der Waals surface area contributed by atoms with Gasteiger partial charge in [0, 0.05) is 24.5 Å². The van der Waals surface area contributed by atoms with Gasteiger partial charge in [-0.1, -0.05) is 30.3 Å². The van der Waals surface area contributed by atoms with E-state index in [0.717, 1.165) is 17.7 Å². The van der Waals surface area contributed by atoms with Gasteiger partial charge in [0.1, 0.15) is 5.69 Å². The molecule has 0 saturated heterocycles. The third kappa shape index (κ3) is 4.35. The first kappa shape index (κ1) is 16.5. The van der Waals surface area contributed by atoms with Crippen LogP contribution in [-0.2, 0) is 6.54 Å². The summed E-state index contributed by atoms with van der Waals surface area (Å²) in [5.74, 6) is -2.27. The minimum Gasteiger partial charge on any atom is -0.350 e. The molecule has 0 spiro atoms. The topological polar surface area (TPSA) is 66.9 Å². The van der Waals surface area contributed by atoms with Gasteiger partial charge in [-0.3, -0.25) is 4.79 Å². The molecule has 2 aromatic carbocycles. The fourth-order valence-electron chi connectivity index (χ4n) is 2.12. The zero-order chi connectivity index (χ0) is 17.6. The molecule has 2 N–H and O–H groups in total. The van der Waals surface area contributed by atoms with E-state index in [9.17, 15) is 13.6 Å². The highest BCUT2D eigenvalue weighted by atomic mass is 19.2. The molecule has 0 bridgehead atoms. The van der Waals surface area contributed by atoms with Crippen LogP contribution < -0.4 is 10.6 Å². The Balaban J connectivity index is 1.67. The number of anilines is 2. The van der Waals surface area contributed by atoms with Gasteiger partial charge < -0.3 is 10.6 Å². The van der Waals surface area contributed by atoms with Gasteiger partial charge in [0.25, 0.3) is 5.91 Å². The molecule has 3 aromatic rings. The first-order valence-electron chi connectivity index (χ1n) is 7.49. The lowest BCUT2D eigenvalue weighted by molar-refractivity contribution is 0.102. The molecule has 1 heterocycles. The van der Waals surface area contributed by atoms with Crippen molar-refractivity contribution in [3.63, 3.8) is 0 Å². The van der Waals surface area contributed by atoms with E-state index in [0.29, 0.717) is 12.5 Å². The van der Waals surface area contributed by atoms with Gasteiger partial charge in [0.05, 0.1) is 0 Å². The van der Waals surface area contributed by atoms with Crippen LogP contribution >= 0.6 is 0 Å². The fraction of sp³-hybridized carbons (Fsp3) is 0.0556.